The summed E-state index contributed by atoms with van der Waals surface area (Å²) in [5.74, 6) is -0.949. The molecule has 0 aliphatic heterocycles. The molecule has 1 rings (SSSR count). The van der Waals surface area contributed by atoms with E-state index >= 15 is 0 Å². The molecule has 0 saturated carbocycles. The molecule has 132 valence electrons. The summed E-state index contributed by atoms with van der Waals surface area (Å²) in [5, 5.41) is 2.63. The van der Waals surface area contributed by atoms with Gasteiger partial charge in [0.05, 0.1) is 13.2 Å². The van der Waals surface area contributed by atoms with Crippen LogP contribution in [0.5, 0.6) is 0 Å². The van der Waals surface area contributed by atoms with Gasteiger partial charge in [0, 0.05) is 6.54 Å². The Labute approximate surface area is 141 Å². The molecule has 0 saturated heterocycles. The SMILES string of the molecule is COC(=O)[C@H](CCCN=C(N)N)NC(=O)[C@@H](N)Cc1ccccc1. The van der Waals surface area contributed by atoms with Crippen LogP contribution in [0.2, 0.25) is 0 Å². The largest absolute Gasteiger partial charge is 0.467 e. The van der Waals surface area contributed by atoms with Gasteiger partial charge in [0.1, 0.15) is 6.04 Å². The molecule has 0 bridgehead atoms. The van der Waals surface area contributed by atoms with Crippen LogP contribution in [0.25, 0.3) is 0 Å². The molecule has 0 heterocycles. The van der Waals surface area contributed by atoms with Crippen LogP contribution >= 0.6 is 0 Å². The summed E-state index contributed by atoms with van der Waals surface area (Å²) in [5.41, 5.74) is 17.3. The van der Waals surface area contributed by atoms with Crippen molar-refractivity contribution in [2.75, 3.05) is 13.7 Å². The highest BCUT2D eigenvalue weighted by Crippen LogP contribution is 2.04. The number of carbonyl (C=O) groups excluding carboxylic acids is 2. The molecule has 1 amide bonds. The van der Waals surface area contributed by atoms with Crippen LogP contribution in [0, 0.1) is 0 Å². The van der Waals surface area contributed by atoms with E-state index in [9.17, 15) is 9.59 Å². The first-order chi connectivity index (χ1) is 11.4. The topological polar surface area (TPSA) is 146 Å². The molecule has 0 fully saturated rings. The molecule has 24 heavy (non-hydrogen) atoms. The molecule has 0 unspecified atom stereocenters. The van der Waals surface area contributed by atoms with Crippen molar-refractivity contribution in [1.82, 2.24) is 5.32 Å². The Bertz CT molecular complexity index is 558. The molecular weight excluding hydrogens is 310 g/mol. The van der Waals surface area contributed by atoms with E-state index in [1.807, 2.05) is 30.3 Å². The van der Waals surface area contributed by atoms with Gasteiger partial charge in [0.25, 0.3) is 0 Å². The first-order valence-corrected chi connectivity index (χ1v) is 7.67. The van der Waals surface area contributed by atoms with E-state index in [2.05, 4.69) is 10.3 Å². The molecule has 7 N–H and O–H groups in total. The lowest BCUT2D eigenvalue weighted by Gasteiger charge is -2.19. The fourth-order valence-electron chi connectivity index (χ4n) is 2.13. The number of nitrogens with two attached hydrogens (primary N) is 3. The van der Waals surface area contributed by atoms with E-state index in [1.54, 1.807) is 0 Å². The van der Waals surface area contributed by atoms with Crippen LogP contribution in [0.15, 0.2) is 35.3 Å². The lowest BCUT2D eigenvalue weighted by atomic mass is 10.1. The molecule has 0 aromatic heterocycles. The zero-order valence-corrected chi connectivity index (χ0v) is 13.8. The Morgan fingerprint density at radius 2 is 1.92 bits per heavy atom. The van der Waals surface area contributed by atoms with Crippen molar-refractivity contribution >= 4 is 17.8 Å². The predicted molar refractivity (Wildman–Crippen MR) is 92.0 cm³/mol. The maximum Gasteiger partial charge on any atom is 0.328 e. The molecule has 1 aromatic rings. The van der Waals surface area contributed by atoms with E-state index in [0.717, 1.165) is 5.56 Å². The number of nitrogens with one attached hydrogen (secondary N) is 1. The molecule has 2 atom stereocenters. The third-order valence-electron chi connectivity index (χ3n) is 3.38. The van der Waals surface area contributed by atoms with Gasteiger partial charge in [-0.3, -0.25) is 9.79 Å². The third-order valence-corrected chi connectivity index (χ3v) is 3.38. The zero-order valence-electron chi connectivity index (χ0n) is 13.8. The number of nitrogens with zero attached hydrogens (tertiary/aromatic N) is 1. The highest BCUT2D eigenvalue weighted by molar-refractivity contribution is 5.87. The average molecular weight is 335 g/mol. The number of amides is 1. The van der Waals surface area contributed by atoms with Crippen molar-refractivity contribution in [3.8, 4) is 0 Å². The number of hydrogen-bond donors (Lipinski definition) is 4. The van der Waals surface area contributed by atoms with E-state index in [4.69, 9.17) is 21.9 Å². The van der Waals surface area contributed by atoms with Crippen LogP contribution in [0.4, 0.5) is 0 Å². The number of methoxy groups -OCH3 is 1. The third kappa shape index (κ3) is 7.10. The molecule has 0 aliphatic carbocycles. The van der Waals surface area contributed by atoms with Crippen molar-refractivity contribution in [3.63, 3.8) is 0 Å². The first kappa shape index (κ1) is 19.4. The van der Waals surface area contributed by atoms with Crippen molar-refractivity contribution in [2.24, 2.45) is 22.2 Å². The molecule has 0 aliphatic rings. The second-order valence-corrected chi connectivity index (χ2v) is 5.33. The van der Waals surface area contributed by atoms with Gasteiger partial charge < -0.3 is 27.3 Å². The monoisotopic (exact) mass is 335 g/mol. The number of rotatable bonds is 9. The lowest BCUT2D eigenvalue weighted by molar-refractivity contribution is -0.145. The second-order valence-electron chi connectivity index (χ2n) is 5.33. The number of ether oxygens (including phenoxy) is 1. The quantitative estimate of drug-likeness (QED) is 0.202. The summed E-state index contributed by atoms with van der Waals surface area (Å²) in [4.78, 5) is 27.8. The molecule has 8 heteroatoms. The fraction of sp³-hybridized carbons (Fsp3) is 0.438. The van der Waals surface area contributed by atoms with Gasteiger partial charge in [-0.05, 0) is 24.8 Å². The van der Waals surface area contributed by atoms with Gasteiger partial charge >= 0.3 is 5.97 Å². The number of aliphatic imine (C=N–C) groups is 1. The second kappa shape index (κ2) is 10.2. The Kier molecular flexibility index (Phi) is 8.28. The van der Waals surface area contributed by atoms with Crippen LogP contribution in [-0.4, -0.2) is 43.6 Å². The molecular formula is C16H25N5O3. The Hall–Kier alpha value is -2.61. The van der Waals surface area contributed by atoms with Crippen LogP contribution in [0.1, 0.15) is 18.4 Å². The van der Waals surface area contributed by atoms with Crippen molar-refractivity contribution < 1.29 is 14.3 Å². The van der Waals surface area contributed by atoms with E-state index in [-0.39, 0.29) is 5.96 Å². The van der Waals surface area contributed by atoms with Crippen LogP contribution in [0.3, 0.4) is 0 Å². The Balaban J connectivity index is 2.56. The summed E-state index contributed by atoms with van der Waals surface area (Å²) in [6.45, 7) is 0.363. The summed E-state index contributed by atoms with van der Waals surface area (Å²) >= 11 is 0. The minimum Gasteiger partial charge on any atom is -0.467 e. The van der Waals surface area contributed by atoms with Crippen LogP contribution in [-0.2, 0) is 20.7 Å². The number of hydrogen-bond acceptors (Lipinski definition) is 5. The smallest absolute Gasteiger partial charge is 0.328 e. The lowest BCUT2D eigenvalue weighted by Crippen LogP contribution is -2.49. The average Bonchev–Trinajstić information content (AvgIpc) is 2.57. The molecule has 0 radical (unpaired) electrons. The number of benzene rings is 1. The van der Waals surface area contributed by atoms with Gasteiger partial charge in [-0.1, -0.05) is 30.3 Å². The zero-order chi connectivity index (χ0) is 17.9. The van der Waals surface area contributed by atoms with Crippen molar-refractivity contribution in [2.45, 2.75) is 31.3 Å². The van der Waals surface area contributed by atoms with Gasteiger partial charge in [0.15, 0.2) is 5.96 Å². The maximum atomic E-state index is 12.2. The molecule has 1 aromatic carbocycles. The number of carbonyl (C=O) groups is 2. The fourth-order valence-corrected chi connectivity index (χ4v) is 2.13. The van der Waals surface area contributed by atoms with Gasteiger partial charge in [0.2, 0.25) is 5.91 Å². The standard InChI is InChI=1S/C16H25N5O3/c1-24-15(23)13(8-5-9-20-16(18)19)21-14(22)12(17)10-11-6-3-2-4-7-11/h2-4,6-7,12-13H,5,8-10,17H2,1H3,(H,21,22)(H4,18,19,20)/t12-,13-/m0/s1. The predicted octanol–water partition coefficient (Wildman–Crippen LogP) is -0.732. The van der Waals surface area contributed by atoms with Gasteiger partial charge in [-0.15, -0.1) is 0 Å². The normalized spacial score (nSPS) is 12.8. The molecule has 0 spiro atoms. The summed E-state index contributed by atoms with van der Waals surface area (Å²) in [6, 6.07) is 7.89. The first-order valence-electron chi connectivity index (χ1n) is 7.67. The maximum absolute atomic E-state index is 12.2. The van der Waals surface area contributed by atoms with Gasteiger partial charge in [-0.25, -0.2) is 4.79 Å². The van der Waals surface area contributed by atoms with E-state index in [0.29, 0.717) is 25.8 Å². The summed E-state index contributed by atoms with van der Waals surface area (Å²) in [7, 11) is 1.27. The van der Waals surface area contributed by atoms with Crippen LogP contribution < -0.4 is 22.5 Å². The Morgan fingerprint density at radius 3 is 2.50 bits per heavy atom. The van der Waals surface area contributed by atoms with E-state index < -0.39 is 24.0 Å². The highest BCUT2D eigenvalue weighted by atomic mass is 16.5. The Morgan fingerprint density at radius 1 is 1.25 bits per heavy atom. The summed E-state index contributed by atoms with van der Waals surface area (Å²) < 4.78 is 4.71. The van der Waals surface area contributed by atoms with Gasteiger partial charge in [-0.2, -0.15) is 0 Å². The minimum atomic E-state index is -0.779. The highest BCUT2D eigenvalue weighted by Gasteiger charge is 2.24. The minimum absolute atomic E-state index is 0.0152. The van der Waals surface area contributed by atoms with E-state index in [1.165, 1.54) is 7.11 Å². The summed E-state index contributed by atoms with van der Waals surface area (Å²) in [6.07, 6.45) is 1.26. The number of guanidine groups is 1. The number of esters is 1. The van der Waals surface area contributed by atoms with Crippen molar-refractivity contribution in [1.29, 1.82) is 0 Å². The molecule has 8 nitrogen and oxygen atoms in total. The van der Waals surface area contributed by atoms with Crippen molar-refractivity contribution in [3.05, 3.63) is 35.9 Å².